The third-order valence-electron chi connectivity index (χ3n) is 7.27. The number of carbonyl (C=O) groups excluding carboxylic acids is 3. The molecular formula is C33H46Br2ClN3O4. The van der Waals surface area contributed by atoms with Gasteiger partial charge in [0.05, 0.1) is 5.69 Å². The van der Waals surface area contributed by atoms with Crippen LogP contribution in [0.4, 0.5) is 10.5 Å². The maximum atomic E-state index is 12.6. The fourth-order valence-electron chi connectivity index (χ4n) is 4.69. The van der Waals surface area contributed by atoms with E-state index in [9.17, 15) is 14.4 Å². The van der Waals surface area contributed by atoms with E-state index < -0.39 is 6.09 Å². The molecule has 0 radical (unpaired) electrons. The highest BCUT2D eigenvalue weighted by Crippen LogP contribution is 2.28. The van der Waals surface area contributed by atoms with Crippen LogP contribution in [0, 0.1) is 0 Å². The molecule has 10 heteroatoms. The average Bonchev–Trinajstić information content (AvgIpc) is 3.01. The predicted molar refractivity (Wildman–Crippen MR) is 184 cm³/mol. The summed E-state index contributed by atoms with van der Waals surface area (Å²) in [5.41, 5.74) is 2.77. The molecule has 3 rings (SSSR count). The number of ether oxygens (including phenoxy) is 1. The summed E-state index contributed by atoms with van der Waals surface area (Å²) in [6.07, 6.45) is 8.56. The molecule has 1 aliphatic rings. The van der Waals surface area contributed by atoms with Crippen LogP contribution >= 0.6 is 43.5 Å². The zero-order valence-electron chi connectivity index (χ0n) is 25.2. The maximum Gasteiger partial charge on any atom is 0.411 e. The van der Waals surface area contributed by atoms with E-state index in [0.717, 1.165) is 105 Å². The summed E-state index contributed by atoms with van der Waals surface area (Å²) in [7, 11) is 1.89. The number of carbonyl (C=O) groups is 3. The van der Waals surface area contributed by atoms with Gasteiger partial charge in [-0.2, -0.15) is 0 Å². The van der Waals surface area contributed by atoms with Gasteiger partial charge in [-0.15, -0.1) is 0 Å². The summed E-state index contributed by atoms with van der Waals surface area (Å²) in [5, 5.41) is 4.72. The average molecular weight is 744 g/mol. The Kier molecular flexibility index (Phi) is 19.5. The number of unbranched alkanes of at least 4 members (excludes halogenated alkanes) is 4. The largest absolute Gasteiger partial charge is 0.446 e. The molecule has 1 aliphatic heterocycles. The van der Waals surface area contributed by atoms with E-state index >= 15 is 0 Å². The van der Waals surface area contributed by atoms with Gasteiger partial charge >= 0.3 is 6.09 Å². The molecule has 0 unspecified atom stereocenters. The van der Waals surface area contributed by atoms with E-state index in [1.807, 2.05) is 66.5 Å². The molecule has 2 aromatic rings. The van der Waals surface area contributed by atoms with Crippen molar-refractivity contribution < 1.29 is 19.1 Å². The molecule has 0 spiro atoms. The van der Waals surface area contributed by atoms with Gasteiger partial charge in [0.25, 0.3) is 0 Å². The summed E-state index contributed by atoms with van der Waals surface area (Å²) in [5.74, 6) is 0.222. The van der Waals surface area contributed by atoms with Gasteiger partial charge in [-0.1, -0.05) is 93.2 Å². The topological polar surface area (TPSA) is 79.0 Å². The van der Waals surface area contributed by atoms with Crippen molar-refractivity contribution in [3.05, 3.63) is 54.6 Å². The number of anilines is 1. The number of likely N-dealkylation sites (N-methyl/N-ethyl adjacent to an activating group) is 1. The van der Waals surface area contributed by atoms with Gasteiger partial charge in [0.2, 0.25) is 11.1 Å². The van der Waals surface area contributed by atoms with E-state index in [4.69, 9.17) is 16.3 Å². The number of piperidine rings is 1. The van der Waals surface area contributed by atoms with Gasteiger partial charge in [-0.3, -0.25) is 14.9 Å². The summed E-state index contributed by atoms with van der Waals surface area (Å²) >= 11 is 11.8. The standard InChI is InChI=1S/C27H36BrN3O3.C6H10BrClO/c1-30(26(32)14-6-3-9-17-28)20-21-31-18-15-23(16-19-31)34-27(33)29-25-13-8-7-12-24(25)22-10-4-2-5-11-22;7-5-3-1-2-4-6(8)9/h2,4-5,7-8,10-13,23H,3,6,9,14-21H2,1H3,(H,29,33);1-5H2. The lowest BCUT2D eigenvalue weighted by Gasteiger charge is -2.32. The minimum atomic E-state index is -0.410. The lowest BCUT2D eigenvalue weighted by atomic mass is 10.0. The van der Waals surface area contributed by atoms with Crippen molar-refractivity contribution in [2.45, 2.75) is 70.3 Å². The van der Waals surface area contributed by atoms with Crippen molar-refractivity contribution in [2.75, 3.05) is 49.2 Å². The monoisotopic (exact) mass is 741 g/mol. The number of amides is 2. The van der Waals surface area contributed by atoms with Crippen molar-refractivity contribution in [1.29, 1.82) is 0 Å². The van der Waals surface area contributed by atoms with Gasteiger partial charge in [0.15, 0.2) is 0 Å². The third-order valence-corrected chi connectivity index (χ3v) is 8.58. The quantitative estimate of drug-likeness (QED) is 0.106. The molecule has 2 amide bonds. The first-order chi connectivity index (χ1) is 20.8. The number of nitrogens with zero attached hydrogens (tertiary/aromatic N) is 2. The minimum Gasteiger partial charge on any atom is -0.446 e. The van der Waals surface area contributed by atoms with Crippen molar-refractivity contribution in [1.82, 2.24) is 9.80 Å². The Labute approximate surface area is 279 Å². The molecule has 0 atom stereocenters. The highest BCUT2D eigenvalue weighted by molar-refractivity contribution is 9.09. The van der Waals surface area contributed by atoms with Gasteiger partial charge in [-0.25, -0.2) is 4.79 Å². The molecule has 7 nitrogen and oxygen atoms in total. The predicted octanol–water partition coefficient (Wildman–Crippen LogP) is 8.49. The first-order valence-electron chi connectivity index (χ1n) is 15.2. The maximum absolute atomic E-state index is 12.6. The van der Waals surface area contributed by atoms with Gasteiger partial charge in [-0.05, 0) is 61.8 Å². The van der Waals surface area contributed by atoms with Crippen molar-refractivity contribution in [3.8, 4) is 11.1 Å². The molecule has 2 aromatic carbocycles. The highest BCUT2D eigenvalue weighted by Gasteiger charge is 2.23. The van der Waals surface area contributed by atoms with E-state index in [1.165, 1.54) is 0 Å². The Bertz CT molecular complexity index is 1080. The fourth-order valence-corrected chi connectivity index (χ4v) is 5.62. The normalized spacial score (nSPS) is 13.5. The van der Waals surface area contributed by atoms with E-state index in [0.29, 0.717) is 12.8 Å². The van der Waals surface area contributed by atoms with Crippen LogP contribution in [0.1, 0.15) is 64.2 Å². The molecule has 238 valence electrons. The second kappa shape index (κ2) is 22.6. The Morgan fingerprint density at radius 1 is 0.884 bits per heavy atom. The summed E-state index contributed by atoms with van der Waals surface area (Å²) in [6, 6.07) is 17.8. The molecule has 1 heterocycles. The number of benzene rings is 2. The summed E-state index contributed by atoms with van der Waals surface area (Å²) in [4.78, 5) is 39.2. The van der Waals surface area contributed by atoms with Crippen LogP contribution in [0.25, 0.3) is 11.1 Å². The summed E-state index contributed by atoms with van der Waals surface area (Å²) < 4.78 is 5.72. The Morgan fingerprint density at radius 2 is 1.49 bits per heavy atom. The van der Waals surface area contributed by atoms with Crippen LogP contribution in [0.5, 0.6) is 0 Å². The van der Waals surface area contributed by atoms with Crippen molar-refractivity contribution in [3.63, 3.8) is 0 Å². The molecular weight excluding hydrogens is 698 g/mol. The number of likely N-dealkylation sites (tertiary alicyclic amines) is 1. The van der Waals surface area contributed by atoms with Gasteiger partial charge in [0, 0.05) is 62.3 Å². The molecule has 43 heavy (non-hydrogen) atoms. The second-order valence-corrected chi connectivity index (χ2v) is 12.7. The number of rotatable bonds is 16. The van der Waals surface area contributed by atoms with E-state index in [-0.39, 0.29) is 17.3 Å². The summed E-state index contributed by atoms with van der Waals surface area (Å²) in [6.45, 7) is 3.32. The number of hydrogen-bond acceptors (Lipinski definition) is 5. The highest BCUT2D eigenvalue weighted by atomic mass is 79.9. The number of halogens is 3. The lowest BCUT2D eigenvalue weighted by Crippen LogP contribution is -2.42. The minimum absolute atomic E-state index is 0.0890. The zero-order chi connectivity index (χ0) is 31.3. The van der Waals surface area contributed by atoms with Crippen LogP contribution in [0.15, 0.2) is 54.6 Å². The number of para-hydroxylation sites is 1. The molecule has 0 saturated carbocycles. The molecule has 1 N–H and O–H groups in total. The van der Waals surface area contributed by atoms with Crippen molar-refractivity contribution in [2.24, 2.45) is 0 Å². The number of nitrogens with one attached hydrogen (secondary N) is 1. The smallest absolute Gasteiger partial charge is 0.411 e. The van der Waals surface area contributed by atoms with Crippen LogP contribution in [0.2, 0.25) is 0 Å². The SMILES string of the molecule is CN(CCN1CCC(OC(=O)Nc2ccccc2-c2ccccc2)CC1)C(=O)CCCCCBr.O=C(Cl)CCCCCBr. The third kappa shape index (κ3) is 16.1. The number of alkyl halides is 2. The molecule has 0 aliphatic carbocycles. The van der Waals surface area contributed by atoms with Gasteiger partial charge < -0.3 is 14.5 Å². The van der Waals surface area contributed by atoms with Crippen LogP contribution in [-0.2, 0) is 14.3 Å². The van der Waals surface area contributed by atoms with Gasteiger partial charge in [0.1, 0.15) is 6.10 Å². The Balaban J connectivity index is 0.000000621. The zero-order valence-corrected chi connectivity index (χ0v) is 29.2. The first-order valence-corrected chi connectivity index (χ1v) is 17.8. The van der Waals surface area contributed by atoms with Crippen LogP contribution in [0.3, 0.4) is 0 Å². The van der Waals surface area contributed by atoms with Crippen molar-refractivity contribution >= 4 is 66.4 Å². The number of hydrogen-bond donors (Lipinski definition) is 1. The Morgan fingerprint density at radius 3 is 2.12 bits per heavy atom. The lowest BCUT2D eigenvalue weighted by molar-refractivity contribution is -0.130. The molecule has 0 bridgehead atoms. The molecule has 1 fully saturated rings. The van der Waals surface area contributed by atoms with E-state index in [1.54, 1.807) is 0 Å². The second-order valence-electron chi connectivity index (χ2n) is 10.7. The van der Waals surface area contributed by atoms with E-state index in [2.05, 4.69) is 42.1 Å². The van der Waals surface area contributed by atoms with Crippen LogP contribution in [-0.4, -0.2) is 77.0 Å². The fraction of sp³-hybridized carbons (Fsp3) is 0.545. The Hall–Kier alpha value is -1.94. The molecule has 1 saturated heterocycles. The van der Waals surface area contributed by atoms with Crippen LogP contribution < -0.4 is 5.32 Å². The molecule has 0 aromatic heterocycles. The first kappa shape index (κ1) is 37.2.